The third-order valence-electron chi connectivity index (χ3n) is 4.82. The van der Waals surface area contributed by atoms with Crippen molar-refractivity contribution >= 4 is 6.09 Å². The summed E-state index contributed by atoms with van der Waals surface area (Å²) >= 11 is 0. The summed E-state index contributed by atoms with van der Waals surface area (Å²) in [4.78, 5) is 12.1. The van der Waals surface area contributed by atoms with Crippen LogP contribution >= 0.6 is 0 Å². The van der Waals surface area contributed by atoms with E-state index in [0.717, 1.165) is 5.57 Å². The van der Waals surface area contributed by atoms with Crippen LogP contribution in [-0.4, -0.2) is 18.7 Å². The first-order valence-electron chi connectivity index (χ1n) is 8.36. The van der Waals surface area contributed by atoms with Crippen LogP contribution in [0.4, 0.5) is 4.79 Å². The van der Waals surface area contributed by atoms with Crippen LogP contribution < -0.4 is 5.32 Å². The Bertz CT molecular complexity index is 733. The summed E-state index contributed by atoms with van der Waals surface area (Å²) in [5, 5.41) is 2.87. The number of ether oxygens (including phenoxy) is 1. The number of rotatable bonds is 4. The van der Waals surface area contributed by atoms with Crippen molar-refractivity contribution in [2.45, 2.75) is 32.7 Å². The Kier molecular flexibility index (Phi) is 4.70. The minimum Gasteiger partial charge on any atom is -0.449 e. The van der Waals surface area contributed by atoms with Crippen LogP contribution in [0.25, 0.3) is 11.1 Å². The molecule has 3 heteroatoms. The average molecular weight is 321 g/mol. The highest BCUT2D eigenvalue weighted by Gasteiger charge is 2.29. The highest BCUT2D eigenvalue weighted by Crippen LogP contribution is 2.44. The lowest BCUT2D eigenvalue weighted by molar-refractivity contribution is 0.141. The van der Waals surface area contributed by atoms with Gasteiger partial charge in [-0.2, -0.15) is 0 Å². The summed E-state index contributed by atoms with van der Waals surface area (Å²) in [5.74, 6) is 0.0984. The maximum atomic E-state index is 12.1. The van der Waals surface area contributed by atoms with Gasteiger partial charge in [-0.3, -0.25) is 0 Å². The summed E-state index contributed by atoms with van der Waals surface area (Å²) < 4.78 is 5.53. The number of fused-ring (bicyclic) bond motifs is 3. The molecule has 0 bridgehead atoms. The molecule has 2 aromatic carbocycles. The lowest BCUT2D eigenvalue weighted by atomic mass is 9.98. The van der Waals surface area contributed by atoms with Crippen molar-refractivity contribution < 1.29 is 9.53 Å². The number of carbonyl (C=O) groups excluding carboxylic acids is 1. The number of hydrogen-bond donors (Lipinski definition) is 1. The molecule has 1 unspecified atom stereocenters. The highest BCUT2D eigenvalue weighted by atomic mass is 16.5. The molecule has 0 aliphatic heterocycles. The van der Waals surface area contributed by atoms with Crippen LogP contribution in [-0.2, 0) is 4.74 Å². The SMILES string of the molecule is C/C=C(\C)C(C)NC(=O)OCC1c2ccccc2-c2ccccc21. The highest BCUT2D eigenvalue weighted by molar-refractivity contribution is 5.79. The second-order valence-corrected chi connectivity index (χ2v) is 6.22. The van der Waals surface area contributed by atoms with E-state index in [1.54, 1.807) is 0 Å². The van der Waals surface area contributed by atoms with E-state index in [-0.39, 0.29) is 18.1 Å². The summed E-state index contributed by atoms with van der Waals surface area (Å²) in [6, 6.07) is 16.6. The molecule has 1 aliphatic carbocycles. The van der Waals surface area contributed by atoms with Gasteiger partial charge in [0.1, 0.15) is 6.61 Å². The lowest BCUT2D eigenvalue weighted by Gasteiger charge is -2.17. The monoisotopic (exact) mass is 321 g/mol. The van der Waals surface area contributed by atoms with Crippen molar-refractivity contribution in [3.8, 4) is 11.1 Å². The van der Waals surface area contributed by atoms with Crippen molar-refractivity contribution in [2.24, 2.45) is 0 Å². The Morgan fingerprint density at radius 2 is 1.67 bits per heavy atom. The number of benzene rings is 2. The molecule has 0 spiro atoms. The molecular formula is C21H23NO2. The van der Waals surface area contributed by atoms with E-state index in [1.165, 1.54) is 22.3 Å². The molecule has 24 heavy (non-hydrogen) atoms. The molecule has 0 saturated heterocycles. The van der Waals surface area contributed by atoms with Crippen LogP contribution in [0.3, 0.4) is 0 Å². The number of hydrogen-bond acceptors (Lipinski definition) is 2. The van der Waals surface area contributed by atoms with E-state index in [1.807, 2.05) is 51.1 Å². The molecule has 3 rings (SSSR count). The smallest absolute Gasteiger partial charge is 0.407 e. The molecule has 1 N–H and O–H groups in total. The van der Waals surface area contributed by atoms with Gasteiger partial charge >= 0.3 is 6.09 Å². The Labute approximate surface area is 143 Å². The van der Waals surface area contributed by atoms with Gasteiger partial charge in [-0.1, -0.05) is 60.2 Å². The van der Waals surface area contributed by atoms with Crippen LogP contribution in [0.15, 0.2) is 60.2 Å². The van der Waals surface area contributed by atoms with E-state index < -0.39 is 0 Å². The molecule has 0 radical (unpaired) electrons. The largest absolute Gasteiger partial charge is 0.449 e. The van der Waals surface area contributed by atoms with Crippen molar-refractivity contribution in [3.05, 3.63) is 71.3 Å². The second kappa shape index (κ2) is 6.91. The summed E-state index contributed by atoms with van der Waals surface area (Å²) in [5.41, 5.74) is 6.04. The fraction of sp³-hybridized carbons (Fsp3) is 0.286. The van der Waals surface area contributed by atoms with Gasteiger partial charge in [0.25, 0.3) is 0 Å². The summed E-state index contributed by atoms with van der Waals surface area (Å²) in [6.07, 6.45) is 1.62. The zero-order valence-electron chi connectivity index (χ0n) is 14.4. The molecule has 0 saturated carbocycles. The van der Waals surface area contributed by atoms with Crippen molar-refractivity contribution in [1.29, 1.82) is 0 Å². The van der Waals surface area contributed by atoms with Gasteiger partial charge in [-0.05, 0) is 43.0 Å². The Morgan fingerprint density at radius 3 is 2.21 bits per heavy atom. The van der Waals surface area contributed by atoms with Crippen LogP contribution in [0, 0.1) is 0 Å². The van der Waals surface area contributed by atoms with Gasteiger partial charge in [-0.15, -0.1) is 0 Å². The summed E-state index contributed by atoms with van der Waals surface area (Å²) in [7, 11) is 0. The van der Waals surface area contributed by atoms with Gasteiger partial charge in [0.2, 0.25) is 0 Å². The molecule has 1 aliphatic rings. The van der Waals surface area contributed by atoms with Crippen molar-refractivity contribution in [1.82, 2.24) is 5.32 Å². The average Bonchev–Trinajstić information content (AvgIpc) is 2.93. The minimum atomic E-state index is -0.370. The maximum Gasteiger partial charge on any atom is 0.407 e. The van der Waals surface area contributed by atoms with E-state index in [9.17, 15) is 4.79 Å². The van der Waals surface area contributed by atoms with Gasteiger partial charge in [0.15, 0.2) is 0 Å². The van der Waals surface area contributed by atoms with Crippen LogP contribution in [0.5, 0.6) is 0 Å². The molecule has 2 aromatic rings. The first kappa shape index (κ1) is 16.3. The molecule has 0 fully saturated rings. The number of alkyl carbamates (subject to hydrolysis) is 1. The molecule has 0 heterocycles. The number of allylic oxidation sites excluding steroid dienone is 1. The third kappa shape index (κ3) is 3.07. The Morgan fingerprint density at radius 1 is 1.12 bits per heavy atom. The normalized spacial score (nSPS) is 14.7. The van der Waals surface area contributed by atoms with Gasteiger partial charge < -0.3 is 10.1 Å². The molecule has 1 atom stereocenters. The predicted molar refractivity (Wildman–Crippen MR) is 97.1 cm³/mol. The number of amides is 1. The van der Waals surface area contributed by atoms with Gasteiger partial charge in [0.05, 0.1) is 6.04 Å². The van der Waals surface area contributed by atoms with E-state index in [4.69, 9.17) is 4.74 Å². The fourth-order valence-electron chi connectivity index (χ4n) is 3.18. The lowest BCUT2D eigenvalue weighted by Crippen LogP contribution is -2.34. The van der Waals surface area contributed by atoms with E-state index in [0.29, 0.717) is 6.61 Å². The molecular weight excluding hydrogens is 298 g/mol. The maximum absolute atomic E-state index is 12.1. The van der Waals surface area contributed by atoms with Crippen molar-refractivity contribution in [3.63, 3.8) is 0 Å². The van der Waals surface area contributed by atoms with E-state index >= 15 is 0 Å². The standard InChI is InChI=1S/C21H23NO2/c1-4-14(2)15(3)22-21(23)24-13-20-18-11-7-5-9-16(18)17-10-6-8-12-19(17)20/h4-12,15,20H,13H2,1-3H3,(H,22,23)/b14-4+. The molecule has 3 nitrogen and oxygen atoms in total. The third-order valence-corrected chi connectivity index (χ3v) is 4.82. The first-order valence-corrected chi connectivity index (χ1v) is 8.36. The number of carbonyl (C=O) groups is 1. The van der Waals surface area contributed by atoms with Crippen molar-refractivity contribution in [2.75, 3.05) is 6.61 Å². The Balaban J connectivity index is 1.73. The topological polar surface area (TPSA) is 38.3 Å². The first-order chi connectivity index (χ1) is 11.6. The predicted octanol–water partition coefficient (Wildman–Crippen LogP) is 4.88. The number of nitrogens with one attached hydrogen (secondary N) is 1. The molecule has 124 valence electrons. The second-order valence-electron chi connectivity index (χ2n) is 6.22. The zero-order chi connectivity index (χ0) is 17.1. The molecule has 0 aromatic heterocycles. The minimum absolute atomic E-state index is 0.0225. The fourth-order valence-corrected chi connectivity index (χ4v) is 3.18. The van der Waals surface area contributed by atoms with E-state index in [2.05, 4.69) is 29.6 Å². The summed E-state index contributed by atoms with van der Waals surface area (Å²) in [6.45, 7) is 6.26. The zero-order valence-corrected chi connectivity index (χ0v) is 14.4. The van der Waals surface area contributed by atoms with Gasteiger partial charge in [-0.25, -0.2) is 4.79 Å². The quantitative estimate of drug-likeness (QED) is 0.815. The van der Waals surface area contributed by atoms with Gasteiger partial charge in [0, 0.05) is 5.92 Å². The van der Waals surface area contributed by atoms with Crippen LogP contribution in [0.2, 0.25) is 0 Å². The van der Waals surface area contributed by atoms with Crippen LogP contribution in [0.1, 0.15) is 37.8 Å². The Hall–Kier alpha value is -2.55. The molecule has 1 amide bonds.